The van der Waals surface area contributed by atoms with Gasteiger partial charge >= 0.3 is 5.97 Å². The van der Waals surface area contributed by atoms with Crippen LogP contribution in [0.15, 0.2) is 48.5 Å². The number of hydrogen-bond donors (Lipinski definition) is 2. The van der Waals surface area contributed by atoms with Crippen LogP contribution in [0.4, 0.5) is 11.4 Å². The number of aryl methyl sites for hydroxylation is 1. The number of rotatable bonds is 7. The molecule has 2 N–H and O–H groups in total. The Kier molecular flexibility index (Phi) is 6.67. The van der Waals surface area contributed by atoms with E-state index in [1.54, 1.807) is 37.3 Å². The highest BCUT2D eigenvalue weighted by atomic mass is 35.5. The fourth-order valence-corrected chi connectivity index (χ4v) is 4.64. The van der Waals surface area contributed by atoms with E-state index in [9.17, 15) is 9.59 Å². The highest BCUT2D eigenvalue weighted by molar-refractivity contribution is 7.20. The van der Waals surface area contributed by atoms with Crippen LogP contribution in [-0.4, -0.2) is 34.8 Å². The number of aromatic nitrogens is 2. The van der Waals surface area contributed by atoms with E-state index in [2.05, 4.69) is 15.7 Å². The Morgan fingerprint density at radius 3 is 2.55 bits per heavy atom. The van der Waals surface area contributed by atoms with E-state index in [4.69, 9.17) is 16.3 Å². The lowest BCUT2D eigenvalue weighted by Gasteiger charge is -2.13. The lowest BCUT2D eigenvalue weighted by atomic mass is 10.1. The molecular formula is C24H23ClN4O3S. The van der Waals surface area contributed by atoms with Gasteiger partial charge in [-0.25, -0.2) is 9.48 Å². The number of carbonyl (C=O) groups is 2. The Bertz CT molecular complexity index is 1330. The number of nitrogens with one attached hydrogen (secondary N) is 2. The minimum absolute atomic E-state index is 0.265. The van der Waals surface area contributed by atoms with Gasteiger partial charge in [0.25, 0.3) is 5.91 Å². The number of esters is 1. The number of benzene rings is 2. The van der Waals surface area contributed by atoms with E-state index in [0.717, 1.165) is 27.3 Å². The maximum absolute atomic E-state index is 13.2. The Morgan fingerprint density at radius 2 is 1.85 bits per heavy atom. The number of thiophene rings is 1. The van der Waals surface area contributed by atoms with Gasteiger partial charge in [-0.1, -0.05) is 11.6 Å². The molecule has 33 heavy (non-hydrogen) atoms. The Balaban J connectivity index is 1.67. The van der Waals surface area contributed by atoms with Crippen LogP contribution in [0, 0.1) is 6.92 Å². The molecule has 2 aromatic heterocycles. The SMILES string of the molecule is CCNc1ccc(C(=O)OCC)cc1NC(=O)c1cc2c(C)nn(-c3ccc(Cl)cc3)c2s1. The summed E-state index contributed by atoms with van der Waals surface area (Å²) in [7, 11) is 0. The van der Waals surface area contributed by atoms with Crippen molar-refractivity contribution < 1.29 is 14.3 Å². The average molecular weight is 483 g/mol. The lowest BCUT2D eigenvalue weighted by Crippen LogP contribution is -2.14. The lowest BCUT2D eigenvalue weighted by molar-refractivity contribution is 0.0526. The third kappa shape index (κ3) is 4.72. The predicted octanol–water partition coefficient (Wildman–Crippen LogP) is 5.91. The van der Waals surface area contributed by atoms with E-state index >= 15 is 0 Å². The summed E-state index contributed by atoms with van der Waals surface area (Å²) in [6.45, 7) is 6.57. The molecule has 0 radical (unpaired) electrons. The Labute approximate surface area is 200 Å². The number of anilines is 2. The molecule has 0 aliphatic heterocycles. The summed E-state index contributed by atoms with van der Waals surface area (Å²) >= 11 is 7.37. The molecule has 0 saturated heterocycles. The van der Waals surface area contributed by atoms with Gasteiger partial charge in [0.05, 0.1) is 39.8 Å². The van der Waals surface area contributed by atoms with E-state index < -0.39 is 5.97 Å². The molecule has 1 amide bonds. The fourth-order valence-electron chi connectivity index (χ4n) is 3.43. The fraction of sp³-hybridized carbons (Fsp3) is 0.208. The summed E-state index contributed by atoms with van der Waals surface area (Å²) in [5.74, 6) is -0.699. The molecule has 4 rings (SSSR count). The van der Waals surface area contributed by atoms with Gasteiger partial charge in [0.2, 0.25) is 0 Å². The number of amides is 1. The summed E-state index contributed by atoms with van der Waals surface area (Å²) < 4.78 is 6.90. The zero-order chi connectivity index (χ0) is 23.5. The molecule has 4 aromatic rings. The molecule has 2 heterocycles. The zero-order valence-electron chi connectivity index (χ0n) is 18.4. The van der Waals surface area contributed by atoms with Gasteiger partial charge in [-0.2, -0.15) is 5.10 Å². The van der Waals surface area contributed by atoms with Gasteiger partial charge in [0, 0.05) is 17.0 Å². The van der Waals surface area contributed by atoms with E-state index in [-0.39, 0.29) is 12.5 Å². The smallest absolute Gasteiger partial charge is 0.338 e. The van der Waals surface area contributed by atoms with Gasteiger partial charge in [-0.15, -0.1) is 11.3 Å². The van der Waals surface area contributed by atoms with Crippen molar-refractivity contribution in [3.8, 4) is 5.69 Å². The van der Waals surface area contributed by atoms with Crippen LogP contribution in [0.25, 0.3) is 15.9 Å². The molecule has 0 bridgehead atoms. The number of fused-ring (bicyclic) bond motifs is 1. The summed E-state index contributed by atoms with van der Waals surface area (Å²) in [6, 6.07) is 14.3. The van der Waals surface area contributed by atoms with E-state index in [0.29, 0.717) is 27.7 Å². The van der Waals surface area contributed by atoms with Gasteiger partial charge < -0.3 is 15.4 Å². The minimum Gasteiger partial charge on any atom is -0.462 e. The monoisotopic (exact) mass is 482 g/mol. The number of hydrogen-bond acceptors (Lipinski definition) is 6. The van der Waals surface area contributed by atoms with Crippen LogP contribution in [0.5, 0.6) is 0 Å². The van der Waals surface area contributed by atoms with Crippen LogP contribution in [0.1, 0.15) is 39.6 Å². The third-order valence-corrected chi connectivity index (χ3v) is 6.35. The van der Waals surface area contributed by atoms with Crippen LogP contribution in [0.2, 0.25) is 5.02 Å². The summed E-state index contributed by atoms with van der Waals surface area (Å²) in [6.07, 6.45) is 0. The summed E-state index contributed by atoms with van der Waals surface area (Å²) in [4.78, 5) is 26.7. The van der Waals surface area contributed by atoms with Crippen molar-refractivity contribution in [2.24, 2.45) is 0 Å². The largest absolute Gasteiger partial charge is 0.462 e. The van der Waals surface area contributed by atoms with E-state index in [1.807, 2.05) is 36.7 Å². The van der Waals surface area contributed by atoms with Crippen LogP contribution in [0.3, 0.4) is 0 Å². The molecular weight excluding hydrogens is 460 g/mol. The second-order valence-corrected chi connectivity index (χ2v) is 8.74. The molecule has 0 aliphatic rings. The molecule has 0 atom stereocenters. The van der Waals surface area contributed by atoms with Crippen molar-refractivity contribution in [2.75, 3.05) is 23.8 Å². The third-order valence-electron chi connectivity index (χ3n) is 4.99. The molecule has 0 fully saturated rings. The van der Waals surface area contributed by atoms with Gasteiger partial charge in [-0.3, -0.25) is 4.79 Å². The second-order valence-electron chi connectivity index (χ2n) is 7.27. The van der Waals surface area contributed by atoms with Crippen molar-refractivity contribution in [3.63, 3.8) is 0 Å². The first kappa shape index (κ1) is 22.8. The molecule has 0 spiro atoms. The molecule has 7 nitrogen and oxygen atoms in total. The molecule has 2 aromatic carbocycles. The van der Waals surface area contributed by atoms with Crippen molar-refractivity contribution in [1.82, 2.24) is 9.78 Å². The first-order valence-electron chi connectivity index (χ1n) is 10.5. The first-order chi connectivity index (χ1) is 15.9. The quantitative estimate of drug-likeness (QED) is 0.320. The molecule has 9 heteroatoms. The Morgan fingerprint density at radius 1 is 1.09 bits per heavy atom. The molecule has 0 saturated carbocycles. The molecule has 0 aliphatic carbocycles. The normalized spacial score (nSPS) is 10.9. The molecule has 0 unspecified atom stereocenters. The van der Waals surface area contributed by atoms with E-state index in [1.165, 1.54) is 11.3 Å². The predicted molar refractivity (Wildman–Crippen MR) is 133 cm³/mol. The summed E-state index contributed by atoms with van der Waals surface area (Å²) in [5.41, 5.74) is 3.31. The second kappa shape index (κ2) is 9.64. The van der Waals surface area contributed by atoms with Crippen molar-refractivity contribution in [2.45, 2.75) is 20.8 Å². The average Bonchev–Trinajstić information content (AvgIpc) is 3.37. The summed E-state index contributed by atoms with van der Waals surface area (Å²) in [5, 5.41) is 12.3. The Hall–Kier alpha value is -3.36. The zero-order valence-corrected chi connectivity index (χ0v) is 20.0. The first-order valence-corrected chi connectivity index (χ1v) is 11.7. The van der Waals surface area contributed by atoms with Gasteiger partial charge in [0.1, 0.15) is 4.83 Å². The number of halogens is 1. The number of ether oxygens (including phenoxy) is 1. The van der Waals surface area contributed by atoms with Crippen LogP contribution >= 0.6 is 22.9 Å². The maximum Gasteiger partial charge on any atom is 0.338 e. The minimum atomic E-state index is -0.434. The maximum atomic E-state index is 13.2. The highest BCUT2D eigenvalue weighted by Gasteiger charge is 2.19. The van der Waals surface area contributed by atoms with Crippen molar-refractivity contribution in [3.05, 3.63) is 69.7 Å². The highest BCUT2D eigenvalue weighted by Crippen LogP contribution is 2.32. The molecule has 170 valence electrons. The number of carbonyl (C=O) groups excluding carboxylic acids is 2. The van der Waals surface area contributed by atoms with Crippen LogP contribution in [-0.2, 0) is 4.74 Å². The standard InChI is InChI=1S/C24H23ClN4O3S/c1-4-26-19-11-6-15(24(31)32-5-2)12-20(19)27-22(30)21-13-18-14(3)28-29(23(18)33-21)17-9-7-16(25)8-10-17/h6-13,26H,4-5H2,1-3H3,(H,27,30). The number of nitrogens with zero attached hydrogens (tertiary/aromatic N) is 2. The van der Waals surface area contributed by atoms with Crippen LogP contribution < -0.4 is 10.6 Å². The van der Waals surface area contributed by atoms with Gasteiger partial charge in [0.15, 0.2) is 0 Å². The van der Waals surface area contributed by atoms with Crippen molar-refractivity contribution >= 4 is 56.4 Å². The van der Waals surface area contributed by atoms with Gasteiger partial charge in [-0.05, 0) is 69.3 Å². The topological polar surface area (TPSA) is 85.2 Å². The van der Waals surface area contributed by atoms with Crippen molar-refractivity contribution in [1.29, 1.82) is 0 Å².